The molecular formula is C30H29ClN2O3. The number of benzene rings is 3. The second kappa shape index (κ2) is 11.4. The first-order chi connectivity index (χ1) is 17.4. The maximum absolute atomic E-state index is 13.5. The monoisotopic (exact) mass is 500 g/mol. The highest BCUT2D eigenvalue weighted by molar-refractivity contribution is 6.30. The van der Waals surface area contributed by atoms with E-state index in [2.05, 4.69) is 18.3 Å². The Morgan fingerprint density at radius 3 is 2.36 bits per heavy atom. The van der Waals surface area contributed by atoms with E-state index in [0.717, 1.165) is 46.9 Å². The van der Waals surface area contributed by atoms with Crippen molar-refractivity contribution >= 4 is 40.1 Å². The Morgan fingerprint density at radius 2 is 1.67 bits per heavy atom. The lowest BCUT2D eigenvalue weighted by molar-refractivity contribution is 0.0498. The van der Waals surface area contributed by atoms with Crippen molar-refractivity contribution in [2.24, 2.45) is 0 Å². The Kier molecular flexibility index (Phi) is 8.01. The normalized spacial score (nSPS) is 10.9. The number of carbonyl (C=O) groups excluding carboxylic acids is 2. The third-order valence-corrected chi connectivity index (χ3v) is 6.24. The van der Waals surface area contributed by atoms with Crippen LogP contribution in [0.4, 0.5) is 5.69 Å². The second-order valence-corrected chi connectivity index (χ2v) is 9.35. The average Bonchev–Trinajstić information content (AvgIpc) is 2.87. The summed E-state index contributed by atoms with van der Waals surface area (Å²) in [5, 5.41) is 4.39. The van der Waals surface area contributed by atoms with Crippen LogP contribution >= 0.6 is 11.6 Å². The molecule has 1 amide bonds. The predicted molar refractivity (Wildman–Crippen MR) is 146 cm³/mol. The first-order valence-corrected chi connectivity index (χ1v) is 12.5. The maximum Gasteiger partial charge on any atom is 0.338 e. The number of halogens is 1. The molecule has 0 atom stereocenters. The Labute approximate surface area is 216 Å². The number of ether oxygens (including phenoxy) is 1. The zero-order chi connectivity index (χ0) is 25.7. The topological polar surface area (TPSA) is 68.3 Å². The lowest BCUT2D eigenvalue weighted by Crippen LogP contribution is -2.14. The fourth-order valence-corrected chi connectivity index (χ4v) is 4.25. The summed E-state index contributed by atoms with van der Waals surface area (Å²) < 4.78 is 5.31. The minimum Gasteiger partial charge on any atom is -0.462 e. The highest BCUT2D eigenvalue weighted by Crippen LogP contribution is 2.29. The number of pyridine rings is 1. The van der Waals surface area contributed by atoms with Gasteiger partial charge in [0.15, 0.2) is 0 Å². The summed E-state index contributed by atoms with van der Waals surface area (Å²) in [4.78, 5) is 30.6. The number of aryl methyl sites for hydroxylation is 2. The molecule has 1 aromatic heterocycles. The standard InChI is InChI=1S/C30H29ClN2O3/c1-4-5-6-15-36-30(35)22-9-13-24(14-10-22)32-29(34)26-18-27(21-7-11-23(31)12-8-21)33-28-20(3)16-19(2)17-25(26)28/h7-14,16-18H,4-6,15H2,1-3H3,(H,32,34). The van der Waals surface area contributed by atoms with Gasteiger partial charge < -0.3 is 10.1 Å². The maximum atomic E-state index is 13.5. The van der Waals surface area contributed by atoms with Crippen LogP contribution in [0.3, 0.4) is 0 Å². The summed E-state index contributed by atoms with van der Waals surface area (Å²) in [5.41, 5.74) is 5.96. The lowest BCUT2D eigenvalue weighted by atomic mass is 9.99. The number of aromatic nitrogens is 1. The molecule has 36 heavy (non-hydrogen) atoms. The van der Waals surface area contributed by atoms with Crippen LogP contribution in [0.1, 0.15) is 58.0 Å². The van der Waals surface area contributed by atoms with E-state index in [0.29, 0.717) is 34.1 Å². The fourth-order valence-electron chi connectivity index (χ4n) is 4.13. The number of nitrogens with zero attached hydrogens (tertiary/aromatic N) is 1. The predicted octanol–water partition coefficient (Wildman–Crippen LogP) is 7.77. The number of carbonyl (C=O) groups is 2. The van der Waals surface area contributed by atoms with Crippen molar-refractivity contribution in [1.82, 2.24) is 4.98 Å². The van der Waals surface area contributed by atoms with Crippen LogP contribution in [0, 0.1) is 13.8 Å². The molecule has 0 saturated heterocycles. The van der Waals surface area contributed by atoms with Gasteiger partial charge in [0, 0.05) is 21.7 Å². The van der Waals surface area contributed by atoms with Crippen molar-refractivity contribution in [2.75, 3.05) is 11.9 Å². The summed E-state index contributed by atoms with van der Waals surface area (Å²) in [7, 11) is 0. The van der Waals surface area contributed by atoms with Gasteiger partial charge in [0.25, 0.3) is 5.91 Å². The first-order valence-electron chi connectivity index (χ1n) is 12.1. The summed E-state index contributed by atoms with van der Waals surface area (Å²) in [6.45, 7) is 6.51. The lowest BCUT2D eigenvalue weighted by Gasteiger charge is -2.13. The van der Waals surface area contributed by atoms with Crippen LogP contribution in [0.5, 0.6) is 0 Å². The Morgan fingerprint density at radius 1 is 0.944 bits per heavy atom. The molecule has 0 bridgehead atoms. The Hall–Kier alpha value is -3.70. The molecule has 3 aromatic carbocycles. The third kappa shape index (κ3) is 5.92. The molecule has 4 aromatic rings. The van der Waals surface area contributed by atoms with Gasteiger partial charge in [-0.25, -0.2) is 9.78 Å². The quantitative estimate of drug-likeness (QED) is 0.198. The van der Waals surface area contributed by atoms with Gasteiger partial charge in [0.1, 0.15) is 0 Å². The molecular weight excluding hydrogens is 472 g/mol. The van der Waals surface area contributed by atoms with Crippen molar-refractivity contribution in [1.29, 1.82) is 0 Å². The number of esters is 1. The average molecular weight is 501 g/mol. The van der Waals surface area contributed by atoms with E-state index >= 15 is 0 Å². The molecule has 0 unspecified atom stereocenters. The number of hydrogen-bond donors (Lipinski definition) is 1. The molecule has 0 aliphatic heterocycles. The SMILES string of the molecule is CCCCCOC(=O)c1ccc(NC(=O)c2cc(-c3ccc(Cl)cc3)nc3c(C)cc(C)cc23)cc1. The van der Waals surface area contributed by atoms with Crippen LogP contribution in [0.25, 0.3) is 22.2 Å². The van der Waals surface area contributed by atoms with Crippen LogP contribution < -0.4 is 5.32 Å². The summed E-state index contributed by atoms with van der Waals surface area (Å²) >= 11 is 6.06. The molecule has 0 fully saturated rings. The van der Waals surface area contributed by atoms with Crippen molar-refractivity contribution in [3.8, 4) is 11.3 Å². The minimum absolute atomic E-state index is 0.252. The highest BCUT2D eigenvalue weighted by Gasteiger charge is 2.17. The molecule has 184 valence electrons. The molecule has 4 rings (SSSR count). The number of hydrogen-bond acceptors (Lipinski definition) is 4. The van der Waals surface area contributed by atoms with Gasteiger partial charge in [0.05, 0.1) is 28.9 Å². The number of nitrogens with one attached hydrogen (secondary N) is 1. The molecule has 1 heterocycles. The number of unbranched alkanes of at least 4 members (excludes halogenated alkanes) is 2. The van der Waals surface area contributed by atoms with Crippen molar-refractivity contribution in [2.45, 2.75) is 40.0 Å². The van der Waals surface area contributed by atoms with Crippen molar-refractivity contribution in [3.63, 3.8) is 0 Å². The second-order valence-electron chi connectivity index (χ2n) is 8.91. The number of rotatable bonds is 8. The molecule has 0 aliphatic rings. The first kappa shape index (κ1) is 25.4. The molecule has 0 saturated carbocycles. The van der Waals surface area contributed by atoms with Gasteiger partial charge in [-0.3, -0.25) is 4.79 Å². The fraction of sp³-hybridized carbons (Fsp3) is 0.233. The van der Waals surface area contributed by atoms with E-state index in [9.17, 15) is 9.59 Å². The van der Waals surface area contributed by atoms with Crippen molar-refractivity contribution < 1.29 is 14.3 Å². The van der Waals surface area contributed by atoms with Gasteiger partial charge in [-0.15, -0.1) is 0 Å². The van der Waals surface area contributed by atoms with Gasteiger partial charge in [-0.05, 0) is 74.4 Å². The summed E-state index contributed by atoms with van der Waals surface area (Å²) in [5.74, 6) is -0.611. The van der Waals surface area contributed by atoms with Gasteiger partial charge >= 0.3 is 5.97 Å². The zero-order valence-electron chi connectivity index (χ0n) is 20.7. The number of amides is 1. The van der Waals surface area contributed by atoms with E-state index in [1.165, 1.54) is 0 Å². The van der Waals surface area contributed by atoms with Crippen molar-refractivity contribution in [3.05, 3.63) is 94.0 Å². The third-order valence-electron chi connectivity index (χ3n) is 5.99. The largest absolute Gasteiger partial charge is 0.462 e. The number of anilines is 1. The Balaban J connectivity index is 1.61. The van der Waals surface area contributed by atoms with Gasteiger partial charge in [0.2, 0.25) is 0 Å². The van der Waals surface area contributed by atoms with Gasteiger partial charge in [-0.2, -0.15) is 0 Å². The molecule has 6 heteroatoms. The van der Waals surface area contributed by atoms with Crippen LogP contribution in [0.15, 0.2) is 66.7 Å². The number of fused-ring (bicyclic) bond motifs is 1. The molecule has 0 spiro atoms. The molecule has 1 N–H and O–H groups in total. The van der Waals surface area contributed by atoms with Crippen LogP contribution in [-0.4, -0.2) is 23.5 Å². The van der Waals surface area contributed by atoms with Gasteiger partial charge in [-0.1, -0.05) is 55.1 Å². The zero-order valence-corrected chi connectivity index (χ0v) is 21.5. The van der Waals surface area contributed by atoms with E-state index in [4.69, 9.17) is 21.3 Å². The summed E-state index contributed by atoms with van der Waals surface area (Å²) in [6.07, 6.45) is 2.95. The van der Waals surface area contributed by atoms with Crippen LogP contribution in [-0.2, 0) is 4.74 Å². The smallest absolute Gasteiger partial charge is 0.338 e. The highest BCUT2D eigenvalue weighted by atomic mass is 35.5. The summed E-state index contributed by atoms with van der Waals surface area (Å²) in [6, 6.07) is 20.0. The van der Waals surface area contributed by atoms with Crippen LogP contribution in [0.2, 0.25) is 5.02 Å². The Bertz CT molecular complexity index is 1400. The van der Waals surface area contributed by atoms with E-state index in [-0.39, 0.29) is 11.9 Å². The molecule has 0 radical (unpaired) electrons. The van der Waals surface area contributed by atoms with E-state index in [1.807, 2.05) is 38.1 Å². The molecule has 0 aliphatic carbocycles. The minimum atomic E-state index is -0.359. The van der Waals surface area contributed by atoms with E-state index in [1.54, 1.807) is 36.4 Å². The molecule has 5 nitrogen and oxygen atoms in total. The van der Waals surface area contributed by atoms with E-state index < -0.39 is 0 Å².